The second-order valence-electron chi connectivity index (χ2n) is 6.96. The third-order valence-electron chi connectivity index (χ3n) is 4.98. The van der Waals surface area contributed by atoms with Crippen LogP contribution in [0.5, 0.6) is 0 Å². The molecule has 2 aromatic carbocycles. The predicted octanol–water partition coefficient (Wildman–Crippen LogP) is 4.53. The predicted molar refractivity (Wildman–Crippen MR) is 113 cm³/mol. The van der Waals surface area contributed by atoms with E-state index < -0.39 is 11.8 Å². The number of rotatable bonds is 7. The maximum Gasteiger partial charge on any atom is 0.319 e. The van der Waals surface area contributed by atoms with E-state index in [4.69, 9.17) is 0 Å². The number of halogens is 2. The molecule has 0 unspecified atom stereocenters. The van der Waals surface area contributed by atoms with E-state index in [-0.39, 0.29) is 6.61 Å². The van der Waals surface area contributed by atoms with Gasteiger partial charge in [0.2, 0.25) is 0 Å². The highest BCUT2D eigenvalue weighted by Crippen LogP contribution is 2.31. The number of anilines is 2. The van der Waals surface area contributed by atoms with Crippen LogP contribution in [0, 0.1) is 5.92 Å². The van der Waals surface area contributed by atoms with Crippen molar-refractivity contribution in [3.63, 3.8) is 0 Å². The molecule has 0 spiro atoms. The molecule has 1 saturated heterocycles. The van der Waals surface area contributed by atoms with Crippen LogP contribution in [-0.4, -0.2) is 36.6 Å². The van der Waals surface area contributed by atoms with Gasteiger partial charge in [-0.2, -0.15) is 8.78 Å². The summed E-state index contributed by atoms with van der Waals surface area (Å²) in [5, 5.41) is 14.6. The third kappa shape index (κ3) is 6.33. The molecule has 1 heterocycles. The summed E-state index contributed by atoms with van der Waals surface area (Å²) in [7, 11) is 0. The Bertz CT molecular complexity index is 797. The number of para-hydroxylation sites is 1. The molecule has 156 valence electrons. The Kier molecular flexibility index (Phi) is 7.71. The normalized spacial score (nSPS) is 14.8. The lowest BCUT2D eigenvalue weighted by Crippen LogP contribution is -2.34. The van der Waals surface area contributed by atoms with Crippen LogP contribution in [0.4, 0.5) is 25.0 Å². The monoisotopic (exact) mass is 421 g/mol. The highest BCUT2D eigenvalue weighted by Gasteiger charge is 2.18. The molecule has 1 fully saturated rings. The van der Waals surface area contributed by atoms with E-state index >= 15 is 0 Å². The molecule has 1 aliphatic rings. The van der Waals surface area contributed by atoms with Gasteiger partial charge in [-0.3, -0.25) is 0 Å². The lowest BCUT2D eigenvalue weighted by Gasteiger charge is -2.33. The molecule has 5 nitrogen and oxygen atoms in total. The largest absolute Gasteiger partial charge is 0.396 e. The third-order valence-corrected chi connectivity index (χ3v) is 5.77. The highest BCUT2D eigenvalue weighted by molar-refractivity contribution is 7.99. The quantitative estimate of drug-likeness (QED) is 0.575. The first-order valence-corrected chi connectivity index (χ1v) is 10.5. The van der Waals surface area contributed by atoms with E-state index in [1.165, 1.54) is 0 Å². The van der Waals surface area contributed by atoms with E-state index in [2.05, 4.69) is 15.5 Å². The number of urea groups is 1. The Morgan fingerprint density at radius 1 is 1.14 bits per heavy atom. The fourth-order valence-corrected chi connectivity index (χ4v) is 3.91. The fourth-order valence-electron chi connectivity index (χ4n) is 3.32. The maximum absolute atomic E-state index is 12.6. The average molecular weight is 422 g/mol. The molecule has 0 radical (unpaired) electrons. The Morgan fingerprint density at radius 3 is 2.48 bits per heavy atom. The lowest BCUT2D eigenvalue weighted by molar-refractivity contribution is 0.203. The number of benzene rings is 2. The second kappa shape index (κ2) is 10.5. The van der Waals surface area contributed by atoms with Gasteiger partial charge in [-0.05, 0) is 48.6 Å². The van der Waals surface area contributed by atoms with Gasteiger partial charge in [-0.25, -0.2) is 4.79 Å². The van der Waals surface area contributed by atoms with Crippen LogP contribution < -0.4 is 15.5 Å². The Labute approximate surface area is 173 Å². The minimum absolute atomic E-state index is 0.256. The fraction of sp³-hybridized carbons (Fsp3) is 0.381. The highest BCUT2D eigenvalue weighted by atomic mass is 32.2. The van der Waals surface area contributed by atoms with Gasteiger partial charge in [0.15, 0.2) is 0 Å². The number of alkyl halides is 2. The summed E-state index contributed by atoms with van der Waals surface area (Å²) in [5.41, 5.74) is 2.44. The molecule has 0 bridgehead atoms. The molecular formula is C21H25F2N3O2S. The number of hydrogen-bond acceptors (Lipinski definition) is 4. The number of piperidine rings is 1. The van der Waals surface area contributed by atoms with Crippen LogP contribution >= 0.6 is 11.8 Å². The zero-order valence-electron chi connectivity index (χ0n) is 16.0. The number of amides is 2. The molecule has 8 heteroatoms. The van der Waals surface area contributed by atoms with Crippen LogP contribution in [0.1, 0.15) is 18.4 Å². The zero-order valence-corrected chi connectivity index (χ0v) is 16.8. The van der Waals surface area contributed by atoms with Gasteiger partial charge < -0.3 is 20.6 Å². The van der Waals surface area contributed by atoms with E-state index in [0.717, 1.165) is 37.2 Å². The van der Waals surface area contributed by atoms with Crippen LogP contribution in [0.15, 0.2) is 53.4 Å². The van der Waals surface area contributed by atoms with Crippen LogP contribution in [0.2, 0.25) is 0 Å². The summed E-state index contributed by atoms with van der Waals surface area (Å²) in [6.07, 6.45) is 1.98. The molecule has 2 aromatic rings. The van der Waals surface area contributed by atoms with Crippen molar-refractivity contribution in [2.75, 3.05) is 29.9 Å². The first-order valence-electron chi connectivity index (χ1n) is 9.58. The van der Waals surface area contributed by atoms with Crippen LogP contribution in [-0.2, 0) is 6.54 Å². The molecular weight excluding hydrogens is 396 g/mol. The van der Waals surface area contributed by atoms with Crippen molar-refractivity contribution in [1.29, 1.82) is 0 Å². The van der Waals surface area contributed by atoms with Crippen molar-refractivity contribution >= 4 is 29.2 Å². The van der Waals surface area contributed by atoms with E-state index in [1.807, 2.05) is 24.3 Å². The summed E-state index contributed by atoms with van der Waals surface area (Å²) < 4.78 is 25.3. The molecule has 0 aromatic heterocycles. The van der Waals surface area contributed by atoms with Crippen LogP contribution in [0.25, 0.3) is 0 Å². The summed E-state index contributed by atoms with van der Waals surface area (Å²) in [6.45, 7) is 2.46. The molecule has 1 aliphatic heterocycles. The van der Waals surface area contributed by atoms with E-state index in [1.54, 1.807) is 24.3 Å². The van der Waals surface area contributed by atoms with E-state index in [9.17, 15) is 18.7 Å². The van der Waals surface area contributed by atoms with Crippen molar-refractivity contribution in [2.45, 2.75) is 30.0 Å². The van der Waals surface area contributed by atoms with Crippen molar-refractivity contribution in [3.8, 4) is 0 Å². The van der Waals surface area contributed by atoms with Crippen molar-refractivity contribution in [2.24, 2.45) is 5.92 Å². The Hall–Kier alpha value is -2.32. The van der Waals surface area contributed by atoms with Crippen molar-refractivity contribution in [3.05, 3.63) is 54.1 Å². The SMILES string of the molecule is O=C(NCc1ccc(N2CCC(CO)CC2)cc1)Nc1ccccc1SC(F)F. The minimum atomic E-state index is -2.55. The number of thioether (sulfide) groups is 1. The second-order valence-corrected chi connectivity index (χ2v) is 7.99. The molecule has 0 atom stereocenters. The van der Waals surface area contributed by atoms with Crippen LogP contribution in [0.3, 0.4) is 0 Å². The number of nitrogens with one attached hydrogen (secondary N) is 2. The van der Waals surface area contributed by atoms with Gasteiger partial charge in [0.25, 0.3) is 5.76 Å². The average Bonchev–Trinajstić information content (AvgIpc) is 2.74. The first-order chi connectivity index (χ1) is 14.0. The Balaban J connectivity index is 1.50. The molecule has 0 saturated carbocycles. The number of aliphatic hydroxyl groups excluding tert-OH is 1. The number of nitrogens with zero attached hydrogens (tertiary/aromatic N) is 1. The van der Waals surface area contributed by atoms with Gasteiger partial charge in [0.05, 0.1) is 5.69 Å². The number of carbonyl (C=O) groups is 1. The number of hydrogen-bond donors (Lipinski definition) is 3. The summed E-state index contributed by atoms with van der Waals surface area (Å²) in [5.74, 6) is -2.15. The summed E-state index contributed by atoms with van der Waals surface area (Å²) in [6, 6.07) is 14.0. The number of carbonyl (C=O) groups excluding carboxylic acids is 1. The number of aliphatic hydroxyl groups is 1. The van der Waals surface area contributed by atoms with Gasteiger partial charge in [0.1, 0.15) is 0 Å². The van der Waals surface area contributed by atoms with Gasteiger partial charge in [-0.15, -0.1) is 0 Å². The molecule has 3 rings (SSSR count). The van der Waals surface area contributed by atoms with Gasteiger partial charge in [-0.1, -0.05) is 36.0 Å². The molecule has 2 amide bonds. The molecule has 3 N–H and O–H groups in total. The lowest BCUT2D eigenvalue weighted by atomic mass is 9.97. The molecule has 0 aliphatic carbocycles. The van der Waals surface area contributed by atoms with Gasteiger partial charge in [0, 0.05) is 36.8 Å². The summed E-state index contributed by atoms with van der Waals surface area (Å²) in [4.78, 5) is 14.8. The smallest absolute Gasteiger partial charge is 0.319 e. The standard InChI is InChI=1S/C21H25F2N3O2S/c22-20(23)29-19-4-2-1-3-18(19)25-21(28)24-13-15-5-7-17(8-6-15)26-11-9-16(14-27)10-12-26/h1-8,16,20,27H,9-14H2,(H2,24,25,28). The Morgan fingerprint density at radius 2 is 1.83 bits per heavy atom. The summed E-state index contributed by atoms with van der Waals surface area (Å²) >= 11 is 0.404. The van der Waals surface area contributed by atoms with Crippen molar-refractivity contribution in [1.82, 2.24) is 5.32 Å². The molecule has 29 heavy (non-hydrogen) atoms. The van der Waals surface area contributed by atoms with Crippen molar-refractivity contribution < 1.29 is 18.7 Å². The van der Waals surface area contributed by atoms with E-state index in [0.29, 0.717) is 34.8 Å². The topological polar surface area (TPSA) is 64.6 Å². The zero-order chi connectivity index (χ0) is 20.6. The first kappa shape index (κ1) is 21.4. The minimum Gasteiger partial charge on any atom is -0.396 e. The maximum atomic E-state index is 12.6. The van der Waals surface area contributed by atoms with Gasteiger partial charge >= 0.3 is 6.03 Å².